The van der Waals surface area contributed by atoms with E-state index in [1.54, 1.807) is 0 Å². The maximum Gasteiger partial charge on any atom is 0.0541 e. The standard InChI is InChI=1S/C47H34N2/c1-29-21-39(22-30(2)31(29)3)48(36-11-5-4-6-12-36)37-19-17-32-25-42-43-26-33-18-20-38(24-35(33)28-45(43)44(42)27-34(32)23-37)49-46-15-9-7-13-40(46)41-14-8-10-16-47(41)49/h4-28H,1-3H3. The number of aryl methyl sites for hydroxylation is 2. The van der Waals surface area contributed by atoms with Gasteiger partial charge in [-0.2, -0.15) is 0 Å². The number of aromatic nitrogens is 1. The fraction of sp³-hybridized carbons (Fsp3) is 0.0638. The van der Waals surface area contributed by atoms with Crippen molar-refractivity contribution in [3.63, 3.8) is 0 Å². The van der Waals surface area contributed by atoms with Crippen molar-refractivity contribution in [2.45, 2.75) is 20.8 Å². The summed E-state index contributed by atoms with van der Waals surface area (Å²) in [4.78, 5) is 2.38. The third-order valence-corrected chi connectivity index (χ3v) is 10.8. The number of anilines is 3. The van der Waals surface area contributed by atoms with Crippen LogP contribution in [-0.2, 0) is 0 Å². The van der Waals surface area contributed by atoms with Gasteiger partial charge in [-0.15, -0.1) is 0 Å². The van der Waals surface area contributed by atoms with Crippen molar-refractivity contribution in [3.8, 4) is 27.9 Å². The summed E-state index contributed by atoms with van der Waals surface area (Å²) in [5, 5.41) is 7.62. The van der Waals surface area contributed by atoms with E-state index in [1.807, 2.05) is 0 Å². The van der Waals surface area contributed by atoms with Crippen LogP contribution in [0.4, 0.5) is 17.1 Å². The number of para-hydroxylation sites is 3. The summed E-state index contributed by atoms with van der Waals surface area (Å²) in [6.07, 6.45) is 0. The summed E-state index contributed by atoms with van der Waals surface area (Å²) in [7, 11) is 0. The van der Waals surface area contributed by atoms with Gasteiger partial charge in [0.15, 0.2) is 0 Å². The average Bonchev–Trinajstić information content (AvgIpc) is 3.47. The van der Waals surface area contributed by atoms with Crippen molar-refractivity contribution in [1.29, 1.82) is 0 Å². The minimum Gasteiger partial charge on any atom is -0.310 e. The normalized spacial score (nSPS) is 12.0. The number of fused-ring (bicyclic) bond motifs is 9. The van der Waals surface area contributed by atoms with Crippen LogP contribution in [0.5, 0.6) is 0 Å². The molecule has 0 N–H and O–H groups in total. The predicted octanol–water partition coefficient (Wildman–Crippen LogP) is 13.1. The first-order chi connectivity index (χ1) is 24.0. The van der Waals surface area contributed by atoms with E-state index < -0.39 is 0 Å². The second-order valence-corrected chi connectivity index (χ2v) is 13.6. The molecule has 1 aliphatic rings. The first-order valence-corrected chi connectivity index (χ1v) is 17.1. The second kappa shape index (κ2) is 10.4. The molecular formula is C47H34N2. The highest BCUT2D eigenvalue weighted by molar-refractivity contribution is 6.13. The SMILES string of the molecule is Cc1cc(N(c2ccccc2)c2ccc3cc4c(cc3c2)-c2cc3cc(-n5c6ccccc6c6ccccc65)ccc3cc2-4)cc(C)c1C. The topological polar surface area (TPSA) is 8.17 Å². The fourth-order valence-corrected chi connectivity index (χ4v) is 8.04. The van der Waals surface area contributed by atoms with Crippen LogP contribution in [0.3, 0.4) is 0 Å². The first-order valence-electron chi connectivity index (χ1n) is 17.1. The monoisotopic (exact) mass is 626 g/mol. The second-order valence-electron chi connectivity index (χ2n) is 13.6. The van der Waals surface area contributed by atoms with Crippen LogP contribution in [-0.4, -0.2) is 4.57 Å². The van der Waals surface area contributed by atoms with Gasteiger partial charge in [0, 0.05) is 33.5 Å². The molecule has 49 heavy (non-hydrogen) atoms. The summed E-state index contributed by atoms with van der Waals surface area (Å²) in [5.41, 5.74) is 16.5. The molecule has 0 aliphatic heterocycles. The van der Waals surface area contributed by atoms with E-state index in [9.17, 15) is 0 Å². The minimum atomic E-state index is 1.16. The van der Waals surface area contributed by atoms with Crippen molar-refractivity contribution in [1.82, 2.24) is 4.57 Å². The van der Waals surface area contributed by atoms with Crippen LogP contribution in [0.15, 0.2) is 152 Å². The quantitative estimate of drug-likeness (QED) is 0.189. The molecular weight excluding hydrogens is 593 g/mol. The molecule has 1 aliphatic carbocycles. The van der Waals surface area contributed by atoms with Crippen molar-refractivity contribution < 1.29 is 0 Å². The number of hydrogen-bond donors (Lipinski definition) is 0. The van der Waals surface area contributed by atoms with Gasteiger partial charge < -0.3 is 9.47 Å². The summed E-state index contributed by atoms with van der Waals surface area (Å²) >= 11 is 0. The average molecular weight is 627 g/mol. The molecule has 0 atom stereocenters. The van der Waals surface area contributed by atoms with Crippen LogP contribution in [0.2, 0.25) is 0 Å². The molecule has 0 saturated heterocycles. The predicted molar refractivity (Wildman–Crippen MR) is 209 cm³/mol. The van der Waals surface area contributed by atoms with Crippen LogP contribution in [0.1, 0.15) is 16.7 Å². The molecule has 1 aromatic heterocycles. The summed E-state index contributed by atoms with van der Waals surface area (Å²) < 4.78 is 2.40. The molecule has 10 rings (SSSR count). The third kappa shape index (κ3) is 4.20. The fourth-order valence-electron chi connectivity index (χ4n) is 8.04. The number of rotatable bonds is 4. The Labute approximate surface area is 286 Å². The van der Waals surface area contributed by atoms with E-state index >= 15 is 0 Å². The van der Waals surface area contributed by atoms with E-state index in [1.165, 1.54) is 93.7 Å². The zero-order valence-electron chi connectivity index (χ0n) is 27.8. The summed E-state index contributed by atoms with van der Waals surface area (Å²) in [6.45, 7) is 6.63. The highest BCUT2D eigenvalue weighted by Gasteiger charge is 2.25. The van der Waals surface area contributed by atoms with E-state index in [0.717, 1.165) is 11.4 Å². The van der Waals surface area contributed by atoms with Gasteiger partial charge in [-0.05, 0) is 166 Å². The van der Waals surface area contributed by atoms with Gasteiger partial charge >= 0.3 is 0 Å². The van der Waals surface area contributed by atoms with Gasteiger partial charge in [-0.3, -0.25) is 0 Å². The molecule has 232 valence electrons. The zero-order chi connectivity index (χ0) is 32.8. The van der Waals surface area contributed by atoms with Crippen LogP contribution in [0.25, 0.3) is 71.3 Å². The highest BCUT2D eigenvalue weighted by atomic mass is 15.1. The van der Waals surface area contributed by atoms with Crippen molar-refractivity contribution >= 4 is 60.4 Å². The lowest BCUT2D eigenvalue weighted by Gasteiger charge is -2.28. The molecule has 1 heterocycles. The number of hydrogen-bond acceptors (Lipinski definition) is 1. The smallest absolute Gasteiger partial charge is 0.0541 e. The lowest BCUT2D eigenvalue weighted by Crippen LogP contribution is -2.11. The molecule has 0 unspecified atom stereocenters. The Hall–Kier alpha value is -6.12. The van der Waals surface area contributed by atoms with E-state index in [-0.39, 0.29) is 0 Å². The Balaban J connectivity index is 1.09. The molecule has 0 fully saturated rings. The number of benzene rings is 8. The van der Waals surface area contributed by atoms with Crippen LogP contribution < -0.4 is 4.90 Å². The minimum absolute atomic E-state index is 1.16. The third-order valence-electron chi connectivity index (χ3n) is 10.8. The Kier molecular flexibility index (Phi) is 5.95. The molecule has 2 heteroatoms. The van der Waals surface area contributed by atoms with Gasteiger partial charge in [-0.25, -0.2) is 0 Å². The molecule has 0 bridgehead atoms. The molecule has 2 nitrogen and oxygen atoms in total. The highest BCUT2D eigenvalue weighted by Crippen LogP contribution is 2.51. The van der Waals surface area contributed by atoms with Crippen molar-refractivity contribution in [2.75, 3.05) is 4.90 Å². The van der Waals surface area contributed by atoms with Gasteiger partial charge in [0.05, 0.1) is 11.0 Å². The van der Waals surface area contributed by atoms with E-state index in [4.69, 9.17) is 0 Å². The molecule has 0 radical (unpaired) electrons. The van der Waals surface area contributed by atoms with Crippen molar-refractivity contribution in [3.05, 3.63) is 168 Å². The Morgan fingerprint density at radius 1 is 0.388 bits per heavy atom. The maximum absolute atomic E-state index is 2.40. The Bertz CT molecular complexity index is 2730. The van der Waals surface area contributed by atoms with Gasteiger partial charge in [0.1, 0.15) is 0 Å². The van der Waals surface area contributed by atoms with Gasteiger partial charge in [-0.1, -0.05) is 66.7 Å². The maximum atomic E-state index is 2.40. The molecule has 9 aromatic rings. The molecule has 8 aromatic carbocycles. The largest absolute Gasteiger partial charge is 0.310 e. The van der Waals surface area contributed by atoms with Gasteiger partial charge in [0.25, 0.3) is 0 Å². The molecule has 0 amide bonds. The number of nitrogens with zero attached hydrogens (tertiary/aromatic N) is 2. The Morgan fingerprint density at radius 2 is 0.898 bits per heavy atom. The van der Waals surface area contributed by atoms with E-state index in [0.29, 0.717) is 0 Å². The van der Waals surface area contributed by atoms with E-state index in [2.05, 4.69) is 182 Å². The lowest BCUT2D eigenvalue weighted by molar-refractivity contribution is 1.19. The summed E-state index contributed by atoms with van der Waals surface area (Å²) in [5.74, 6) is 0. The Morgan fingerprint density at radius 3 is 1.51 bits per heavy atom. The van der Waals surface area contributed by atoms with Gasteiger partial charge in [0.2, 0.25) is 0 Å². The lowest BCUT2D eigenvalue weighted by atomic mass is 9.78. The zero-order valence-corrected chi connectivity index (χ0v) is 27.8. The van der Waals surface area contributed by atoms with Crippen LogP contribution >= 0.6 is 0 Å². The first kappa shape index (κ1) is 27.9. The summed E-state index contributed by atoms with van der Waals surface area (Å²) in [6, 6.07) is 56.1. The van der Waals surface area contributed by atoms with Crippen molar-refractivity contribution in [2.24, 2.45) is 0 Å². The molecule has 0 saturated carbocycles. The molecule has 0 spiro atoms. The van der Waals surface area contributed by atoms with Crippen LogP contribution in [0, 0.1) is 20.8 Å².